The monoisotopic (exact) mass is 378 g/mol. The molecule has 2 amide bonds. The summed E-state index contributed by atoms with van der Waals surface area (Å²) in [6.45, 7) is 9.81. The number of hydrogen-bond acceptors (Lipinski definition) is 2. The summed E-state index contributed by atoms with van der Waals surface area (Å²) >= 11 is 0. The fourth-order valence-electron chi connectivity index (χ4n) is 3.97. The molecule has 0 aromatic heterocycles. The van der Waals surface area contributed by atoms with Crippen LogP contribution in [0.5, 0.6) is 0 Å². The molecule has 4 heteroatoms. The van der Waals surface area contributed by atoms with Gasteiger partial charge in [-0.3, -0.25) is 9.59 Å². The lowest BCUT2D eigenvalue weighted by Crippen LogP contribution is -2.49. The van der Waals surface area contributed by atoms with Crippen molar-refractivity contribution >= 4 is 23.2 Å². The largest absolute Gasteiger partial charge is 0.309 e. The molecule has 0 N–H and O–H groups in total. The Labute approximate surface area is 168 Å². The van der Waals surface area contributed by atoms with E-state index in [0.29, 0.717) is 6.42 Å². The molecule has 0 bridgehead atoms. The van der Waals surface area contributed by atoms with Gasteiger partial charge in [0, 0.05) is 29.3 Å². The number of rotatable bonds is 4. The molecule has 28 heavy (non-hydrogen) atoms. The van der Waals surface area contributed by atoms with Crippen molar-refractivity contribution in [1.82, 2.24) is 0 Å². The van der Waals surface area contributed by atoms with Crippen LogP contribution in [0, 0.1) is 11.8 Å². The van der Waals surface area contributed by atoms with E-state index in [1.165, 1.54) is 0 Å². The third-order valence-electron chi connectivity index (χ3n) is 5.37. The first-order valence-corrected chi connectivity index (χ1v) is 10.1. The Kier molecular flexibility index (Phi) is 5.87. The molecule has 0 saturated carbocycles. The molecule has 2 aromatic carbocycles. The van der Waals surface area contributed by atoms with Crippen LogP contribution >= 0.6 is 0 Å². The Morgan fingerprint density at radius 3 is 2.14 bits per heavy atom. The van der Waals surface area contributed by atoms with Gasteiger partial charge in [-0.1, -0.05) is 64.1 Å². The Bertz CT molecular complexity index is 845. The summed E-state index contributed by atoms with van der Waals surface area (Å²) in [4.78, 5) is 30.0. The predicted molar refractivity (Wildman–Crippen MR) is 114 cm³/mol. The van der Waals surface area contributed by atoms with Crippen LogP contribution in [0.1, 0.15) is 52.6 Å². The van der Waals surface area contributed by atoms with Gasteiger partial charge in [0.25, 0.3) is 0 Å². The number of amides is 2. The van der Waals surface area contributed by atoms with Gasteiger partial charge in [-0.15, -0.1) is 0 Å². The maximum Gasteiger partial charge on any atom is 0.230 e. The Hall–Kier alpha value is -2.62. The van der Waals surface area contributed by atoms with E-state index < -0.39 is 0 Å². The molecule has 148 valence electrons. The topological polar surface area (TPSA) is 40.6 Å². The van der Waals surface area contributed by atoms with Gasteiger partial charge in [-0.25, -0.2) is 0 Å². The van der Waals surface area contributed by atoms with Gasteiger partial charge in [0.15, 0.2) is 0 Å². The molecule has 3 rings (SSSR count). The third-order valence-corrected chi connectivity index (χ3v) is 5.37. The van der Waals surface area contributed by atoms with Crippen LogP contribution in [0.4, 0.5) is 11.4 Å². The van der Waals surface area contributed by atoms with E-state index in [9.17, 15) is 9.59 Å². The minimum Gasteiger partial charge on any atom is -0.309 e. The van der Waals surface area contributed by atoms with Crippen molar-refractivity contribution in [1.29, 1.82) is 0 Å². The summed E-state index contributed by atoms with van der Waals surface area (Å²) < 4.78 is 0. The number of nitrogens with zero attached hydrogens (tertiary/aromatic N) is 2. The molecule has 4 nitrogen and oxygen atoms in total. The fraction of sp³-hybridized carbons (Fsp3) is 0.417. The van der Waals surface area contributed by atoms with Gasteiger partial charge < -0.3 is 9.80 Å². The van der Waals surface area contributed by atoms with E-state index in [0.717, 1.165) is 16.9 Å². The van der Waals surface area contributed by atoms with Crippen LogP contribution in [-0.2, 0) is 9.59 Å². The highest BCUT2D eigenvalue weighted by Crippen LogP contribution is 2.43. The van der Waals surface area contributed by atoms with Crippen LogP contribution in [0.25, 0.3) is 0 Å². The van der Waals surface area contributed by atoms with Crippen molar-refractivity contribution in [3.05, 3.63) is 60.2 Å². The lowest BCUT2D eigenvalue weighted by Gasteiger charge is -2.44. The van der Waals surface area contributed by atoms with Crippen LogP contribution in [-0.4, -0.2) is 17.9 Å². The zero-order valence-electron chi connectivity index (χ0n) is 17.4. The molecule has 2 atom stereocenters. The molecule has 1 aliphatic heterocycles. The van der Waals surface area contributed by atoms with Gasteiger partial charge >= 0.3 is 0 Å². The lowest BCUT2D eigenvalue weighted by molar-refractivity contribution is -0.122. The van der Waals surface area contributed by atoms with Crippen molar-refractivity contribution in [3.8, 4) is 0 Å². The summed E-state index contributed by atoms with van der Waals surface area (Å²) in [6.07, 6.45) is 0.711. The molecular formula is C24H30N2O2. The van der Waals surface area contributed by atoms with Crippen molar-refractivity contribution in [2.24, 2.45) is 11.8 Å². The van der Waals surface area contributed by atoms with Gasteiger partial charge in [0.1, 0.15) is 0 Å². The molecule has 0 radical (unpaired) electrons. The van der Waals surface area contributed by atoms with Crippen molar-refractivity contribution in [2.45, 2.75) is 53.1 Å². The predicted octanol–water partition coefficient (Wildman–Crippen LogP) is 5.20. The summed E-state index contributed by atoms with van der Waals surface area (Å²) in [6, 6.07) is 17.8. The highest BCUT2D eigenvalue weighted by atomic mass is 16.2. The smallest absolute Gasteiger partial charge is 0.230 e. The number of carbonyl (C=O) groups is 2. The Morgan fingerprint density at radius 2 is 1.54 bits per heavy atom. The van der Waals surface area contributed by atoms with Crippen LogP contribution in [0.2, 0.25) is 0 Å². The first kappa shape index (κ1) is 20.1. The molecule has 0 unspecified atom stereocenters. The highest BCUT2D eigenvalue weighted by molar-refractivity contribution is 5.99. The normalized spacial score (nSPS) is 18.9. The lowest BCUT2D eigenvalue weighted by atomic mass is 9.88. The Balaban J connectivity index is 2.13. The second-order valence-electron chi connectivity index (χ2n) is 8.22. The zero-order chi connectivity index (χ0) is 20.4. The van der Waals surface area contributed by atoms with E-state index in [2.05, 4.69) is 13.0 Å². The number of anilines is 2. The number of hydrogen-bond donors (Lipinski definition) is 0. The van der Waals surface area contributed by atoms with Gasteiger partial charge in [0.2, 0.25) is 11.8 Å². The van der Waals surface area contributed by atoms with E-state index in [-0.39, 0.29) is 35.7 Å². The second-order valence-corrected chi connectivity index (χ2v) is 8.22. The standard InChI is InChI=1S/C24H30N2O2/c1-16(2)23(27)25-18(5)15-22(20-13-9-10-14-21(20)25)26(24(28)17(3)4)19-11-7-6-8-12-19/h6-14,16-18,22H,15H2,1-5H3/t18-,22+/m0/s1. The van der Waals surface area contributed by atoms with E-state index >= 15 is 0 Å². The number of para-hydroxylation sites is 2. The van der Waals surface area contributed by atoms with Crippen LogP contribution in [0.3, 0.4) is 0 Å². The van der Waals surface area contributed by atoms with E-state index in [1.54, 1.807) is 0 Å². The first-order chi connectivity index (χ1) is 13.3. The fourth-order valence-corrected chi connectivity index (χ4v) is 3.97. The molecule has 0 saturated heterocycles. The second kappa shape index (κ2) is 8.17. The number of carbonyl (C=O) groups excluding carboxylic acids is 2. The van der Waals surface area contributed by atoms with Crippen molar-refractivity contribution in [2.75, 3.05) is 9.80 Å². The maximum absolute atomic E-state index is 13.2. The zero-order valence-corrected chi connectivity index (χ0v) is 17.4. The molecule has 0 fully saturated rings. The van der Waals surface area contributed by atoms with Gasteiger partial charge in [-0.05, 0) is 37.1 Å². The minimum atomic E-state index is -0.113. The Morgan fingerprint density at radius 1 is 0.929 bits per heavy atom. The quantitative estimate of drug-likeness (QED) is 0.734. The number of fused-ring (bicyclic) bond motifs is 1. The van der Waals surface area contributed by atoms with E-state index in [4.69, 9.17) is 0 Å². The molecule has 2 aromatic rings. The highest BCUT2D eigenvalue weighted by Gasteiger charge is 2.39. The van der Waals surface area contributed by atoms with E-state index in [1.807, 2.05) is 86.0 Å². The summed E-state index contributed by atoms with van der Waals surface area (Å²) in [5.74, 6) is 0.0364. The molecule has 0 aliphatic carbocycles. The SMILES string of the molecule is CC(C)C(=O)N(c1ccccc1)[C@@H]1C[C@H](C)N(C(=O)C(C)C)c2ccccc21. The molecular weight excluding hydrogens is 348 g/mol. The number of benzene rings is 2. The van der Waals surface area contributed by atoms with Gasteiger partial charge in [0.05, 0.1) is 6.04 Å². The van der Waals surface area contributed by atoms with Crippen LogP contribution < -0.4 is 9.80 Å². The summed E-state index contributed by atoms with van der Waals surface area (Å²) in [7, 11) is 0. The van der Waals surface area contributed by atoms with Crippen molar-refractivity contribution < 1.29 is 9.59 Å². The summed E-state index contributed by atoms with van der Waals surface area (Å²) in [5.41, 5.74) is 2.85. The minimum absolute atomic E-state index is 0.0148. The maximum atomic E-state index is 13.2. The average molecular weight is 379 g/mol. The third kappa shape index (κ3) is 3.68. The molecule has 0 spiro atoms. The molecule has 1 heterocycles. The molecule has 1 aliphatic rings. The van der Waals surface area contributed by atoms with Crippen molar-refractivity contribution in [3.63, 3.8) is 0 Å². The van der Waals surface area contributed by atoms with Gasteiger partial charge in [-0.2, -0.15) is 0 Å². The average Bonchev–Trinajstić information content (AvgIpc) is 2.68. The summed E-state index contributed by atoms with van der Waals surface area (Å²) in [5, 5.41) is 0. The van der Waals surface area contributed by atoms with Crippen LogP contribution in [0.15, 0.2) is 54.6 Å². The first-order valence-electron chi connectivity index (χ1n) is 10.1.